The highest BCUT2D eigenvalue weighted by atomic mass is 16.3. The highest BCUT2D eigenvalue weighted by molar-refractivity contribution is 5.98. The van der Waals surface area contributed by atoms with Gasteiger partial charge in [-0.05, 0) is 50.6 Å². The first-order valence-electron chi connectivity index (χ1n) is 8.40. The molecule has 0 atom stereocenters. The summed E-state index contributed by atoms with van der Waals surface area (Å²) in [5, 5.41) is 1.12. The topological polar surface area (TPSA) is 48.3 Å². The lowest BCUT2D eigenvalue weighted by atomic mass is 10.2. The number of benzene rings is 1. The number of fused-ring (bicyclic) bond motifs is 5. The molecule has 0 saturated heterocycles. The van der Waals surface area contributed by atoms with Crippen molar-refractivity contribution in [1.82, 2.24) is 18.9 Å². The molecule has 0 N–H and O–H groups in total. The summed E-state index contributed by atoms with van der Waals surface area (Å²) >= 11 is 0. The van der Waals surface area contributed by atoms with Crippen LogP contribution in [0.4, 0.5) is 0 Å². The van der Waals surface area contributed by atoms with Crippen LogP contribution in [0.2, 0.25) is 0 Å². The molecule has 0 fully saturated rings. The number of rotatable bonds is 2. The molecule has 5 rings (SSSR count). The van der Waals surface area contributed by atoms with Gasteiger partial charge in [0, 0.05) is 5.69 Å². The van der Waals surface area contributed by atoms with E-state index in [1.54, 1.807) is 6.26 Å². The fourth-order valence-corrected chi connectivity index (χ4v) is 3.71. The zero-order valence-electron chi connectivity index (χ0n) is 14.4. The number of aromatic nitrogens is 4. The highest BCUT2D eigenvalue weighted by Crippen LogP contribution is 2.31. The van der Waals surface area contributed by atoms with E-state index >= 15 is 0 Å². The third-order valence-corrected chi connectivity index (χ3v) is 5.07. The molecular formula is C20H18N4O. The van der Waals surface area contributed by atoms with Crippen LogP contribution in [0.5, 0.6) is 0 Å². The van der Waals surface area contributed by atoms with Gasteiger partial charge in [-0.15, -0.1) is 0 Å². The van der Waals surface area contributed by atoms with Gasteiger partial charge in [-0.2, -0.15) is 0 Å². The molecule has 0 unspecified atom stereocenters. The summed E-state index contributed by atoms with van der Waals surface area (Å²) in [7, 11) is 0. The van der Waals surface area contributed by atoms with Gasteiger partial charge in [0.25, 0.3) is 0 Å². The van der Waals surface area contributed by atoms with E-state index in [2.05, 4.69) is 34.9 Å². The molecule has 25 heavy (non-hydrogen) atoms. The monoisotopic (exact) mass is 330 g/mol. The lowest BCUT2D eigenvalue weighted by Gasteiger charge is -2.07. The van der Waals surface area contributed by atoms with Crippen LogP contribution >= 0.6 is 0 Å². The minimum absolute atomic E-state index is 0.673. The van der Waals surface area contributed by atoms with Crippen LogP contribution in [0.1, 0.15) is 22.8 Å². The van der Waals surface area contributed by atoms with Crippen molar-refractivity contribution in [2.45, 2.75) is 27.3 Å². The smallest absolute Gasteiger partial charge is 0.150 e. The summed E-state index contributed by atoms with van der Waals surface area (Å²) in [5.74, 6) is 1.86. The van der Waals surface area contributed by atoms with E-state index in [0.29, 0.717) is 6.54 Å². The molecule has 0 aliphatic carbocycles. The minimum Gasteiger partial charge on any atom is -0.467 e. The van der Waals surface area contributed by atoms with Crippen molar-refractivity contribution in [3.05, 3.63) is 65.5 Å². The predicted molar refractivity (Wildman–Crippen MR) is 98.0 cm³/mol. The number of imidazole rings is 1. The van der Waals surface area contributed by atoms with Crippen LogP contribution in [0.15, 0.2) is 47.1 Å². The first-order valence-corrected chi connectivity index (χ1v) is 8.40. The average molecular weight is 330 g/mol. The maximum absolute atomic E-state index is 5.55. The molecule has 5 aromatic rings. The van der Waals surface area contributed by atoms with Crippen molar-refractivity contribution in [2.75, 3.05) is 0 Å². The Bertz CT molecular complexity index is 1240. The summed E-state index contributed by atoms with van der Waals surface area (Å²) in [4.78, 5) is 9.84. The van der Waals surface area contributed by atoms with Crippen LogP contribution in [0.3, 0.4) is 0 Å². The molecule has 124 valence electrons. The van der Waals surface area contributed by atoms with E-state index in [4.69, 9.17) is 14.4 Å². The Morgan fingerprint density at radius 3 is 2.60 bits per heavy atom. The molecule has 4 aromatic heterocycles. The van der Waals surface area contributed by atoms with Crippen molar-refractivity contribution >= 4 is 27.7 Å². The van der Waals surface area contributed by atoms with Gasteiger partial charge in [-0.1, -0.05) is 12.1 Å². The first-order chi connectivity index (χ1) is 12.1. The normalized spacial score (nSPS) is 12.0. The molecule has 0 bridgehead atoms. The Labute approximate surface area is 144 Å². The first kappa shape index (κ1) is 14.3. The Kier molecular flexibility index (Phi) is 2.83. The van der Waals surface area contributed by atoms with E-state index in [0.717, 1.165) is 39.3 Å². The number of hydrogen-bond acceptors (Lipinski definition) is 3. The van der Waals surface area contributed by atoms with Crippen molar-refractivity contribution in [3.8, 4) is 0 Å². The van der Waals surface area contributed by atoms with Crippen molar-refractivity contribution < 1.29 is 4.42 Å². The fourth-order valence-electron chi connectivity index (χ4n) is 3.71. The van der Waals surface area contributed by atoms with Gasteiger partial charge in [0.15, 0.2) is 5.65 Å². The van der Waals surface area contributed by atoms with Gasteiger partial charge in [0.05, 0.1) is 29.2 Å². The van der Waals surface area contributed by atoms with Crippen LogP contribution < -0.4 is 0 Å². The molecule has 5 nitrogen and oxygen atoms in total. The van der Waals surface area contributed by atoms with E-state index in [9.17, 15) is 0 Å². The highest BCUT2D eigenvalue weighted by Gasteiger charge is 2.20. The van der Waals surface area contributed by atoms with Gasteiger partial charge in [0.1, 0.15) is 17.2 Å². The quantitative estimate of drug-likeness (QED) is 0.482. The zero-order valence-corrected chi connectivity index (χ0v) is 14.4. The molecule has 0 amide bonds. The Morgan fingerprint density at radius 1 is 0.960 bits per heavy atom. The van der Waals surface area contributed by atoms with Crippen LogP contribution in [-0.4, -0.2) is 18.9 Å². The molecule has 0 aliphatic heterocycles. The maximum atomic E-state index is 5.55. The average Bonchev–Trinajstić information content (AvgIpc) is 3.30. The minimum atomic E-state index is 0.673. The van der Waals surface area contributed by atoms with Gasteiger partial charge >= 0.3 is 0 Å². The second kappa shape index (κ2) is 4.96. The molecule has 0 radical (unpaired) electrons. The SMILES string of the molecule is Cc1c(C)n(Cc2ccco2)c2nc(C)n3c4ccccc4nc3c12. The molecule has 1 aromatic carbocycles. The van der Waals surface area contributed by atoms with Gasteiger partial charge in [0.2, 0.25) is 0 Å². The van der Waals surface area contributed by atoms with Crippen LogP contribution in [0, 0.1) is 20.8 Å². The second-order valence-corrected chi connectivity index (χ2v) is 6.49. The summed E-state index contributed by atoms with van der Waals surface area (Å²) in [5.41, 5.74) is 6.44. The van der Waals surface area contributed by atoms with Crippen molar-refractivity contribution in [2.24, 2.45) is 0 Å². The predicted octanol–water partition coefficient (Wildman–Crippen LogP) is 4.40. The molecule has 0 aliphatic rings. The Morgan fingerprint density at radius 2 is 1.80 bits per heavy atom. The second-order valence-electron chi connectivity index (χ2n) is 6.49. The van der Waals surface area contributed by atoms with Gasteiger partial charge in [-0.25, -0.2) is 9.97 Å². The zero-order chi connectivity index (χ0) is 17.1. The van der Waals surface area contributed by atoms with Gasteiger partial charge in [-0.3, -0.25) is 4.40 Å². The van der Waals surface area contributed by atoms with E-state index in [-0.39, 0.29) is 0 Å². The number of hydrogen-bond donors (Lipinski definition) is 0. The summed E-state index contributed by atoms with van der Waals surface area (Å²) in [6.45, 7) is 6.99. The van der Waals surface area contributed by atoms with E-state index < -0.39 is 0 Å². The largest absolute Gasteiger partial charge is 0.467 e. The van der Waals surface area contributed by atoms with Crippen molar-refractivity contribution in [3.63, 3.8) is 0 Å². The summed E-state index contributed by atoms with van der Waals surface area (Å²) < 4.78 is 9.92. The number of aryl methyl sites for hydroxylation is 2. The lowest BCUT2D eigenvalue weighted by Crippen LogP contribution is -2.04. The maximum Gasteiger partial charge on any atom is 0.150 e. The van der Waals surface area contributed by atoms with E-state index in [1.165, 1.54) is 11.3 Å². The van der Waals surface area contributed by atoms with Crippen molar-refractivity contribution in [1.29, 1.82) is 0 Å². The number of nitrogens with zero attached hydrogens (tertiary/aromatic N) is 4. The fraction of sp³-hybridized carbons (Fsp3) is 0.200. The Balaban J connectivity index is 1.91. The third kappa shape index (κ3) is 1.89. The van der Waals surface area contributed by atoms with Crippen LogP contribution in [0.25, 0.3) is 27.7 Å². The Hall–Kier alpha value is -3.08. The lowest BCUT2D eigenvalue weighted by molar-refractivity contribution is 0.494. The number of para-hydroxylation sites is 2. The third-order valence-electron chi connectivity index (χ3n) is 5.07. The van der Waals surface area contributed by atoms with E-state index in [1.807, 2.05) is 31.2 Å². The van der Waals surface area contributed by atoms with Gasteiger partial charge < -0.3 is 8.98 Å². The molecular weight excluding hydrogens is 312 g/mol. The molecule has 0 saturated carbocycles. The standard InChI is InChI=1S/C20H18N4O/c1-12-13(2)23(11-15-7-6-10-25-15)19-18(12)20-22-16-8-4-5-9-17(16)24(20)14(3)21-19/h4-10H,11H2,1-3H3. The summed E-state index contributed by atoms with van der Waals surface area (Å²) in [6.07, 6.45) is 1.71. The summed E-state index contributed by atoms with van der Waals surface area (Å²) in [6, 6.07) is 12.1. The number of furan rings is 1. The van der Waals surface area contributed by atoms with Crippen LogP contribution in [-0.2, 0) is 6.54 Å². The molecule has 4 heterocycles. The molecule has 0 spiro atoms. The molecule has 5 heteroatoms.